The Balaban J connectivity index is 1.85. The van der Waals surface area contributed by atoms with Gasteiger partial charge < -0.3 is 15.6 Å². The van der Waals surface area contributed by atoms with Crippen LogP contribution in [-0.4, -0.2) is 32.8 Å². The third-order valence-corrected chi connectivity index (χ3v) is 4.43. The summed E-state index contributed by atoms with van der Waals surface area (Å²) >= 11 is 1.39. The van der Waals surface area contributed by atoms with Crippen LogP contribution in [0.1, 0.15) is 24.2 Å². The Kier molecular flexibility index (Phi) is 5.56. The summed E-state index contributed by atoms with van der Waals surface area (Å²) in [4.78, 5) is 36.5. The van der Waals surface area contributed by atoms with E-state index in [0.717, 1.165) is 4.90 Å². The van der Waals surface area contributed by atoms with Gasteiger partial charge in [0.2, 0.25) is 5.91 Å². The molecule has 138 valence electrons. The fourth-order valence-electron chi connectivity index (χ4n) is 2.39. The average molecular weight is 381 g/mol. The van der Waals surface area contributed by atoms with Gasteiger partial charge in [0, 0.05) is 22.8 Å². The first-order chi connectivity index (χ1) is 13.0. The van der Waals surface area contributed by atoms with Crippen molar-refractivity contribution in [3.05, 3.63) is 54.9 Å². The molecule has 0 radical (unpaired) electrons. The van der Waals surface area contributed by atoms with Crippen LogP contribution < -0.4 is 10.6 Å². The van der Waals surface area contributed by atoms with Gasteiger partial charge >= 0.3 is 0 Å². The largest absolute Gasteiger partial charge is 0.350 e. The molecule has 8 heteroatoms. The van der Waals surface area contributed by atoms with E-state index >= 15 is 0 Å². The van der Waals surface area contributed by atoms with Gasteiger partial charge in [-0.15, -0.1) is 0 Å². The van der Waals surface area contributed by atoms with E-state index in [1.807, 2.05) is 32.0 Å². The molecule has 0 spiro atoms. The zero-order valence-corrected chi connectivity index (χ0v) is 15.8. The van der Waals surface area contributed by atoms with E-state index in [1.54, 1.807) is 18.5 Å². The van der Waals surface area contributed by atoms with Crippen LogP contribution in [0.3, 0.4) is 0 Å². The molecule has 2 aromatic heterocycles. The molecule has 3 aromatic rings. The van der Waals surface area contributed by atoms with Gasteiger partial charge in [-0.25, -0.2) is 9.97 Å². The lowest BCUT2D eigenvalue weighted by molar-refractivity contribution is -0.111. The van der Waals surface area contributed by atoms with Crippen molar-refractivity contribution in [3.63, 3.8) is 0 Å². The first kappa shape index (κ1) is 18.7. The predicted molar refractivity (Wildman–Crippen MR) is 106 cm³/mol. The lowest BCUT2D eigenvalue weighted by Gasteiger charge is -2.07. The Morgan fingerprint density at radius 3 is 2.89 bits per heavy atom. The minimum Gasteiger partial charge on any atom is -0.350 e. The molecule has 3 rings (SSSR count). The number of carbonyl (C=O) groups is 2. The van der Waals surface area contributed by atoms with Gasteiger partial charge in [0.05, 0.1) is 11.8 Å². The van der Waals surface area contributed by atoms with Crippen LogP contribution in [0.15, 0.2) is 59.2 Å². The van der Waals surface area contributed by atoms with Gasteiger partial charge in [-0.3, -0.25) is 9.59 Å². The number of aromatic nitrogens is 3. The summed E-state index contributed by atoms with van der Waals surface area (Å²) in [6, 6.07) is 7.40. The van der Waals surface area contributed by atoms with Gasteiger partial charge in [0.1, 0.15) is 10.5 Å². The molecule has 2 amide bonds. The summed E-state index contributed by atoms with van der Waals surface area (Å²) in [5.41, 5.74) is 2.20. The summed E-state index contributed by atoms with van der Waals surface area (Å²) in [6.45, 7) is 7.24. The molecule has 0 saturated heterocycles. The molecular formula is C19H19N5O2S. The van der Waals surface area contributed by atoms with Gasteiger partial charge in [0.15, 0.2) is 5.65 Å². The maximum absolute atomic E-state index is 12.3. The zero-order valence-electron chi connectivity index (χ0n) is 14.9. The number of nitrogens with one attached hydrogen (secondary N) is 3. The normalized spacial score (nSPS) is 10.8. The molecule has 0 aliphatic carbocycles. The Morgan fingerprint density at radius 1 is 1.33 bits per heavy atom. The van der Waals surface area contributed by atoms with Crippen LogP contribution in [0.25, 0.3) is 11.2 Å². The molecule has 27 heavy (non-hydrogen) atoms. The zero-order chi connectivity index (χ0) is 19.4. The van der Waals surface area contributed by atoms with E-state index in [0.29, 0.717) is 27.4 Å². The van der Waals surface area contributed by atoms with E-state index in [-0.39, 0.29) is 17.9 Å². The molecule has 0 bridgehead atoms. The maximum atomic E-state index is 12.3. The summed E-state index contributed by atoms with van der Waals surface area (Å²) in [5, 5.41) is 6.22. The van der Waals surface area contributed by atoms with E-state index in [1.165, 1.54) is 17.8 Å². The van der Waals surface area contributed by atoms with E-state index in [9.17, 15) is 9.59 Å². The van der Waals surface area contributed by atoms with Gasteiger partial charge in [-0.05, 0) is 38.1 Å². The fraction of sp³-hybridized carbons (Fsp3) is 0.158. The van der Waals surface area contributed by atoms with Crippen LogP contribution in [-0.2, 0) is 4.79 Å². The Hall–Kier alpha value is -3.13. The smallest absolute Gasteiger partial charge is 0.255 e. The van der Waals surface area contributed by atoms with Crippen molar-refractivity contribution in [2.75, 3.05) is 5.32 Å². The first-order valence-corrected chi connectivity index (χ1v) is 9.14. The van der Waals surface area contributed by atoms with Crippen LogP contribution in [0.2, 0.25) is 0 Å². The topological polar surface area (TPSA) is 99.8 Å². The molecule has 0 aliphatic rings. The van der Waals surface area contributed by atoms with Crippen molar-refractivity contribution < 1.29 is 9.59 Å². The van der Waals surface area contributed by atoms with Gasteiger partial charge in [0.25, 0.3) is 5.91 Å². The fourth-order valence-corrected chi connectivity index (χ4v) is 3.21. The molecule has 2 heterocycles. The van der Waals surface area contributed by atoms with Crippen LogP contribution >= 0.6 is 11.8 Å². The van der Waals surface area contributed by atoms with Crippen molar-refractivity contribution in [1.29, 1.82) is 0 Å². The van der Waals surface area contributed by atoms with Crippen molar-refractivity contribution >= 4 is 40.4 Å². The standard InChI is InChI=1S/C19H19N5O2S/c1-4-15(25)23-12-6-5-7-13(8-12)27-16-10-21-18-17(24-16)14(9-20-18)19(26)22-11(2)3/h4-11H,1H2,2-3H3,(H,20,21)(H,22,26)(H,23,25). The number of H-pyrrole nitrogens is 1. The molecule has 0 fully saturated rings. The van der Waals surface area contributed by atoms with Crippen LogP contribution in [0, 0.1) is 0 Å². The molecule has 3 N–H and O–H groups in total. The summed E-state index contributed by atoms with van der Waals surface area (Å²) < 4.78 is 0. The predicted octanol–water partition coefficient (Wildman–Crippen LogP) is 3.37. The first-order valence-electron chi connectivity index (χ1n) is 8.32. The number of nitrogens with zero attached hydrogens (tertiary/aromatic N) is 2. The third-order valence-electron chi connectivity index (χ3n) is 3.53. The van der Waals surface area contributed by atoms with Crippen molar-refractivity contribution in [3.8, 4) is 0 Å². The highest BCUT2D eigenvalue weighted by Gasteiger charge is 2.15. The SMILES string of the molecule is C=CC(=O)Nc1cccc(Sc2cnc3[nH]cc(C(=O)NC(C)C)c3n2)c1. The van der Waals surface area contributed by atoms with Crippen molar-refractivity contribution in [2.24, 2.45) is 0 Å². The highest BCUT2D eigenvalue weighted by molar-refractivity contribution is 7.99. The van der Waals surface area contributed by atoms with Crippen molar-refractivity contribution in [1.82, 2.24) is 20.3 Å². The lowest BCUT2D eigenvalue weighted by Crippen LogP contribution is -2.29. The molecule has 0 aliphatic heterocycles. The second kappa shape index (κ2) is 8.05. The number of rotatable bonds is 6. The number of benzene rings is 1. The summed E-state index contributed by atoms with van der Waals surface area (Å²) in [5.74, 6) is -0.465. The number of amides is 2. The highest BCUT2D eigenvalue weighted by Crippen LogP contribution is 2.29. The number of hydrogen-bond donors (Lipinski definition) is 3. The third kappa shape index (κ3) is 4.53. The number of carbonyl (C=O) groups excluding carboxylic acids is 2. The summed E-state index contributed by atoms with van der Waals surface area (Å²) in [6.07, 6.45) is 4.47. The number of hydrogen-bond acceptors (Lipinski definition) is 5. The molecule has 1 aromatic carbocycles. The lowest BCUT2D eigenvalue weighted by atomic mass is 10.2. The molecule has 0 atom stereocenters. The average Bonchev–Trinajstić information content (AvgIpc) is 3.04. The highest BCUT2D eigenvalue weighted by atomic mass is 32.2. The minimum atomic E-state index is -0.272. The van der Waals surface area contributed by atoms with Crippen LogP contribution in [0.5, 0.6) is 0 Å². The minimum absolute atomic E-state index is 0.0292. The number of anilines is 1. The van der Waals surface area contributed by atoms with E-state index in [2.05, 4.69) is 32.2 Å². The monoisotopic (exact) mass is 381 g/mol. The van der Waals surface area contributed by atoms with Crippen LogP contribution in [0.4, 0.5) is 5.69 Å². The number of aromatic amines is 1. The Bertz CT molecular complexity index is 1010. The van der Waals surface area contributed by atoms with Gasteiger partial charge in [-0.1, -0.05) is 24.4 Å². The van der Waals surface area contributed by atoms with Crippen molar-refractivity contribution in [2.45, 2.75) is 29.8 Å². The van der Waals surface area contributed by atoms with E-state index in [4.69, 9.17) is 0 Å². The second-order valence-electron chi connectivity index (χ2n) is 6.06. The molecule has 0 saturated carbocycles. The maximum Gasteiger partial charge on any atom is 0.255 e. The Morgan fingerprint density at radius 2 is 2.15 bits per heavy atom. The number of fused-ring (bicyclic) bond motifs is 1. The van der Waals surface area contributed by atoms with Gasteiger partial charge in [-0.2, -0.15) is 0 Å². The molecular weight excluding hydrogens is 362 g/mol. The molecule has 7 nitrogen and oxygen atoms in total. The Labute approximate surface area is 160 Å². The summed E-state index contributed by atoms with van der Waals surface area (Å²) in [7, 11) is 0. The van der Waals surface area contributed by atoms with E-state index < -0.39 is 0 Å². The molecule has 0 unspecified atom stereocenters. The quantitative estimate of drug-likeness (QED) is 0.569. The second-order valence-corrected chi connectivity index (χ2v) is 7.15.